The largest absolute Gasteiger partial charge is 0.305 e. The third kappa shape index (κ3) is 2.68. The quantitative estimate of drug-likeness (QED) is 0.796. The summed E-state index contributed by atoms with van der Waals surface area (Å²) in [4.78, 5) is 8.85. The fourth-order valence-electron chi connectivity index (χ4n) is 2.28. The number of hydrogen-bond acceptors (Lipinski definition) is 4. The lowest BCUT2D eigenvalue weighted by atomic mass is 10.2. The third-order valence-electron chi connectivity index (χ3n) is 3.32. The molecule has 1 unspecified atom stereocenters. The van der Waals surface area contributed by atoms with Crippen LogP contribution in [0.2, 0.25) is 0 Å². The standard InChI is InChI=1S/C16H17N5/c1-12-10-18-16(19-11-12)15(17-2)14-8-9-20-21(14)13-6-4-3-5-7-13/h3-11,15,17H,1-2H3. The lowest BCUT2D eigenvalue weighted by molar-refractivity contribution is 0.603. The van der Waals surface area contributed by atoms with E-state index in [-0.39, 0.29) is 6.04 Å². The molecule has 1 N–H and O–H groups in total. The zero-order chi connectivity index (χ0) is 14.7. The zero-order valence-electron chi connectivity index (χ0n) is 12.1. The van der Waals surface area contributed by atoms with Gasteiger partial charge >= 0.3 is 0 Å². The van der Waals surface area contributed by atoms with E-state index in [1.54, 1.807) is 6.20 Å². The van der Waals surface area contributed by atoms with E-state index in [0.717, 1.165) is 22.8 Å². The van der Waals surface area contributed by atoms with Crippen molar-refractivity contribution in [1.82, 2.24) is 25.1 Å². The zero-order valence-corrected chi connectivity index (χ0v) is 12.1. The Morgan fingerprint density at radius 3 is 2.43 bits per heavy atom. The van der Waals surface area contributed by atoms with Gasteiger partial charge in [-0.1, -0.05) is 18.2 Å². The summed E-state index contributed by atoms with van der Waals surface area (Å²) in [5, 5.41) is 7.68. The van der Waals surface area contributed by atoms with Crippen LogP contribution in [0.5, 0.6) is 0 Å². The van der Waals surface area contributed by atoms with Crippen molar-refractivity contribution in [3.63, 3.8) is 0 Å². The normalized spacial score (nSPS) is 12.3. The van der Waals surface area contributed by atoms with Gasteiger partial charge in [-0.05, 0) is 37.7 Å². The number of benzene rings is 1. The highest BCUT2D eigenvalue weighted by molar-refractivity contribution is 5.34. The average molecular weight is 279 g/mol. The molecular weight excluding hydrogens is 262 g/mol. The van der Waals surface area contributed by atoms with Crippen LogP contribution in [0.4, 0.5) is 0 Å². The molecule has 0 aliphatic rings. The lowest BCUT2D eigenvalue weighted by Gasteiger charge is -2.16. The SMILES string of the molecule is CNC(c1ncc(C)cn1)c1ccnn1-c1ccccc1. The Morgan fingerprint density at radius 2 is 1.76 bits per heavy atom. The fourth-order valence-corrected chi connectivity index (χ4v) is 2.28. The van der Waals surface area contributed by atoms with Gasteiger partial charge in [-0.25, -0.2) is 14.6 Å². The third-order valence-corrected chi connectivity index (χ3v) is 3.32. The topological polar surface area (TPSA) is 55.6 Å². The van der Waals surface area contributed by atoms with E-state index in [1.807, 2.05) is 67.4 Å². The molecule has 0 radical (unpaired) electrons. The monoisotopic (exact) mass is 279 g/mol. The molecule has 0 fully saturated rings. The van der Waals surface area contributed by atoms with Crippen LogP contribution >= 0.6 is 0 Å². The molecule has 1 aromatic carbocycles. The Kier molecular flexibility index (Phi) is 3.75. The Labute approximate surface area is 123 Å². The number of para-hydroxylation sites is 1. The van der Waals surface area contributed by atoms with E-state index in [9.17, 15) is 0 Å². The van der Waals surface area contributed by atoms with Crippen molar-refractivity contribution in [2.75, 3.05) is 7.05 Å². The molecule has 5 heteroatoms. The van der Waals surface area contributed by atoms with Crippen LogP contribution in [0, 0.1) is 6.92 Å². The van der Waals surface area contributed by atoms with Crippen LogP contribution < -0.4 is 5.32 Å². The van der Waals surface area contributed by atoms with Crippen molar-refractivity contribution in [3.05, 3.63) is 72.1 Å². The van der Waals surface area contributed by atoms with Crippen LogP contribution in [0.25, 0.3) is 5.69 Å². The van der Waals surface area contributed by atoms with Gasteiger partial charge in [0, 0.05) is 18.6 Å². The molecule has 5 nitrogen and oxygen atoms in total. The molecule has 2 aromatic heterocycles. The summed E-state index contributed by atoms with van der Waals surface area (Å²) in [5.41, 5.74) is 3.07. The molecule has 0 spiro atoms. The summed E-state index contributed by atoms with van der Waals surface area (Å²) in [7, 11) is 1.90. The first-order valence-corrected chi connectivity index (χ1v) is 6.85. The van der Waals surface area contributed by atoms with Gasteiger partial charge in [0.25, 0.3) is 0 Å². The van der Waals surface area contributed by atoms with Gasteiger partial charge in [0.2, 0.25) is 0 Å². The van der Waals surface area contributed by atoms with Crippen molar-refractivity contribution in [3.8, 4) is 5.69 Å². The van der Waals surface area contributed by atoms with Crippen LogP contribution in [-0.2, 0) is 0 Å². The number of hydrogen-bond donors (Lipinski definition) is 1. The van der Waals surface area contributed by atoms with Crippen LogP contribution in [0.3, 0.4) is 0 Å². The molecule has 0 aliphatic heterocycles. The lowest BCUT2D eigenvalue weighted by Crippen LogP contribution is -2.23. The highest BCUT2D eigenvalue weighted by Gasteiger charge is 2.19. The first-order chi connectivity index (χ1) is 10.3. The second-order valence-corrected chi connectivity index (χ2v) is 4.84. The molecule has 0 amide bonds. The Balaban J connectivity index is 2.03. The smallest absolute Gasteiger partial charge is 0.151 e. The van der Waals surface area contributed by atoms with E-state index in [1.165, 1.54) is 0 Å². The summed E-state index contributed by atoms with van der Waals surface area (Å²) < 4.78 is 1.91. The van der Waals surface area contributed by atoms with Gasteiger partial charge in [-0.15, -0.1) is 0 Å². The van der Waals surface area contributed by atoms with Crippen molar-refractivity contribution in [2.24, 2.45) is 0 Å². The second kappa shape index (κ2) is 5.85. The highest BCUT2D eigenvalue weighted by Crippen LogP contribution is 2.21. The minimum absolute atomic E-state index is 0.103. The average Bonchev–Trinajstić information content (AvgIpc) is 3.00. The van der Waals surface area contributed by atoms with Gasteiger partial charge in [0.1, 0.15) is 6.04 Å². The van der Waals surface area contributed by atoms with E-state index in [4.69, 9.17) is 0 Å². The number of rotatable bonds is 4. The molecule has 0 aliphatic carbocycles. The van der Waals surface area contributed by atoms with Gasteiger partial charge in [-0.3, -0.25) is 0 Å². The van der Waals surface area contributed by atoms with Crippen molar-refractivity contribution in [2.45, 2.75) is 13.0 Å². The van der Waals surface area contributed by atoms with Gasteiger partial charge < -0.3 is 5.32 Å². The van der Waals surface area contributed by atoms with E-state index < -0.39 is 0 Å². The first-order valence-electron chi connectivity index (χ1n) is 6.85. The summed E-state index contributed by atoms with van der Waals surface area (Å²) in [5.74, 6) is 0.737. The number of aromatic nitrogens is 4. The Morgan fingerprint density at radius 1 is 1.05 bits per heavy atom. The second-order valence-electron chi connectivity index (χ2n) is 4.84. The predicted octanol–water partition coefficient (Wildman–Crippen LogP) is 2.28. The van der Waals surface area contributed by atoms with Gasteiger partial charge in [0.05, 0.1) is 11.4 Å². The summed E-state index contributed by atoms with van der Waals surface area (Å²) in [6.45, 7) is 1.98. The molecule has 21 heavy (non-hydrogen) atoms. The molecule has 0 bridgehead atoms. The highest BCUT2D eigenvalue weighted by atomic mass is 15.3. The molecule has 3 rings (SSSR count). The van der Waals surface area contributed by atoms with Crippen LogP contribution in [0.1, 0.15) is 23.1 Å². The van der Waals surface area contributed by atoms with Crippen molar-refractivity contribution >= 4 is 0 Å². The number of aryl methyl sites for hydroxylation is 1. The molecule has 2 heterocycles. The van der Waals surface area contributed by atoms with Crippen LogP contribution in [0.15, 0.2) is 55.0 Å². The fraction of sp³-hybridized carbons (Fsp3) is 0.188. The summed E-state index contributed by atoms with van der Waals surface area (Å²) in [6, 6.07) is 11.9. The molecule has 0 saturated heterocycles. The summed E-state index contributed by atoms with van der Waals surface area (Å²) in [6.07, 6.45) is 5.45. The number of nitrogens with one attached hydrogen (secondary N) is 1. The summed E-state index contributed by atoms with van der Waals surface area (Å²) >= 11 is 0. The molecule has 106 valence electrons. The van der Waals surface area contributed by atoms with E-state index in [0.29, 0.717) is 0 Å². The van der Waals surface area contributed by atoms with Crippen molar-refractivity contribution in [1.29, 1.82) is 0 Å². The number of nitrogens with zero attached hydrogens (tertiary/aromatic N) is 4. The molecule has 3 aromatic rings. The van der Waals surface area contributed by atoms with Crippen LogP contribution in [-0.4, -0.2) is 26.8 Å². The Hall–Kier alpha value is -2.53. The Bertz CT molecular complexity index is 703. The van der Waals surface area contributed by atoms with E-state index >= 15 is 0 Å². The van der Waals surface area contributed by atoms with Crippen molar-refractivity contribution < 1.29 is 0 Å². The minimum atomic E-state index is -0.103. The molecule has 1 atom stereocenters. The van der Waals surface area contributed by atoms with Gasteiger partial charge in [-0.2, -0.15) is 5.10 Å². The minimum Gasteiger partial charge on any atom is -0.305 e. The molecular formula is C16H17N5. The maximum absolute atomic E-state index is 4.43. The van der Waals surface area contributed by atoms with E-state index in [2.05, 4.69) is 20.4 Å². The van der Waals surface area contributed by atoms with Gasteiger partial charge in [0.15, 0.2) is 5.82 Å². The molecule has 0 saturated carbocycles. The predicted molar refractivity (Wildman–Crippen MR) is 81.2 cm³/mol. The maximum Gasteiger partial charge on any atom is 0.151 e. The maximum atomic E-state index is 4.43. The first kappa shape index (κ1) is 13.5.